The van der Waals surface area contributed by atoms with Gasteiger partial charge < -0.3 is 19.4 Å². The van der Waals surface area contributed by atoms with Crippen molar-refractivity contribution in [2.45, 2.75) is 50.1 Å². The molecule has 3 rings (SSSR count). The van der Waals surface area contributed by atoms with Crippen molar-refractivity contribution < 1.29 is 23.5 Å². The second-order valence-electron chi connectivity index (χ2n) is 6.30. The van der Waals surface area contributed by atoms with Gasteiger partial charge in [-0.25, -0.2) is 4.79 Å². The lowest BCUT2D eigenvalue weighted by molar-refractivity contribution is -0.156. The number of esters is 1. The Hall–Kier alpha value is -1.96. The predicted octanol–water partition coefficient (Wildman–Crippen LogP) is 1.84. The Morgan fingerprint density at radius 1 is 1.36 bits per heavy atom. The summed E-state index contributed by atoms with van der Waals surface area (Å²) in [5.41, 5.74) is 0. The highest BCUT2D eigenvalue weighted by Crippen LogP contribution is 2.41. The lowest BCUT2D eigenvalue weighted by Crippen LogP contribution is -2.44. The number of rotatable bonds is 5. The van der Waals surface area contributed by atoms with E-state index >= 15 is 0 Å². The SMILES string of the molecule is CC(=O)N1[C@@H](C(=O)OCC(=O)NC2CCCC2)CS[C@@H]1c1ccco1. The van der Waals surface area contributed by atoms with Crippen LogP contribution in [0.3, 0.4) is 0 Å². The molecule has 1 saturated heterocycles. The fourth-order valence-corrected chi connectivity index (χ4v) is 4.71. The van der Waals surface area contributed by atoms with Crippen LogP contribution in [-0.2, 0) is 19.1 Å². The maximum atomic E-state index is 12.4. The summed E-state index contributed by atoms with van der Waals surface area (Å²) < 4.78 is 10.5. The molecule has 1 N–H and O–H groups in total. The van der Waals surface area contributed by atoms with Crippen molar-refractivity contribution in [2.24, 2.45) is 0 Å². The molecule has 2 amide bonds. The lowest BCUT2D eigenvalue weighted by Gasteiger charge is -2.25. The van der Waals surface area contributed by atoms with Gasteiger partial charge in [-0.3, -0.25) is 9.59 Å². The number of nitrogens with one attached hydrogen (secondary N) is 1. The molecular formula is C17H22N2O5S. The number of nitrogens with zero attached hydrogens (tertiary/aromatic N) is 1. The summed E-state index contributed by atoms with van der Waals surface area (Å²) >= 11 is 1.44. The third-order valence-corrected chi connectivity index (χ3v) is 5.77. The molecule has 1 aromatic rings. The van der Waals surface area contributed by atoms with Gasteiger partial charge in [-0.1, -0.05) is 12.8 Å². The molecule has 1 aliphatic carbocycles. The molecule has 0 bridgehead atoms. The van der Waals surface area contributed by atoms with Crippen LogP contribution in [0.2, 0.25) is 0 Å². The number of thioether (sulfide) groups is 1. The van der Waals surface area contributed by atoms with Gasteiger partial charge in [0.1, 0.15) is 17.2 Å². The third kappa shape index (κ3) is 4.18. The lowest BCUT2D eigenvalue weighted by atomic mass is 10.2. The van der Waals surface area contributed by atoms with E-state index in [1.807, 2.05) is 0 Å². The van der Waals surface area contributed by atoms with Crippen molar-refractivity contribution in [3.63, 3.8) is 0 Å². The van der Waals surface area contributed by atoms with Crippen LogP contribution in [0.15, 0.2) is 22.8 Å². The first-order valence-corrected chi connectivity index (χ1v) is 9.51. The Morgan fingerprint density at radius 3 is 2.76 bits per heavy atom. The standard InChI is InChI=1S/C17H22N2O5S/c1-11(20)19-13(10-25-16(19)14-7-4-8-23-14)17(22)24-9-15(21)18-12-5-2-3-6-12/h4,7-8,12-13,16H,2-3,5-6,9-10H2,1H3,(H,18,21)/t13-,16-/m1/s1. The van der Waals surface area contributed by atoms with Gasteiger partial charge in [-0.2, -0.15) is 0 Å². The van der Waals surface area contributed by atoms with Crippen LogP contribution in [0, 0.1) is 0 Å². The Balaban J connectivity index is 1.55. The van der Waals surface area contributed by atoms with Gasteiger partial charge in [0.15, 0.2) is 6.61 Å². The Labute approximate surface area is 150 Å². The van der Waals surface area contributed by atoms with Gasteiger partial charge in [0.05, 0.1) is 6.26 Å². The zero-order valence-corrected chi connectivity index (χ0v) is 14.9. The summed E-state index contributed by atoms with van der Waals surface area (Å²) in [7, 11) is 0. The molecule has 25 heavy (non-hydrogen) atoms. The first kappa shape index (κ1) is 17.8. The van der Waals surface area contributed by atoms with Crippen LogP contribution in [-0.4, -0.2) is 47.1 Å². The molecule has 0 unspecified atom stereocenters. The Kier molecular flexibility index (Phi) is 5.67. The van der Waals surface area contributed by atoms with Gasteiger partial charge in [0.2, 0.25) is 5.91 Å². The van der Waals surface area contributed by atoms with E-state index < -0.39 is 12.0 Å². The fraction of sp³-hybridized carbons (Fsp3) is 0.588. The minimum atomic E-state index is -0.711. The third-order valence-electron chi connectivity index (χ3n) is 4.49. The summed E-state index contributed by atoms with van der Waals surface area (Å²) in [5.74, 6) is -0.0481. The molecule has 1 aliphatic heterocycles. The number of furan rings is 1. The van der Waals surface area contributed by atoms with Crippen LogP contribution in [0.25, 0.3) is 0 Å². The molecular weight excluding hydrogens is 344 g/mol. The Bertz CT molecular complexity index is 627. The van der Waals surface area contributed by atoms with Crippen molar-refractivity contribution >= 4 is 29.5 Å². The molecule has 136 valence electrons. The topological polar surface area (TPSA) is 88.8 Å². The van der Waals surface area contributed by atoms with Crippen LogP contribution >= 0.6 is 11.8 Å². The molecule has 1 aromatic heterocycles. The molecule has 8 heteroatoms. The summed E-state index contributed by atoms with van der Waals surface area (Å²) in [4.78, 5) is 37.8. The van der Waals surface area contributed by atoms with E-state index in [0.717, 1.165) is 25.7 Å². The summed E-state index contributed by atoms with van der Waals surface area (Å²) in [6, 6.07) is 2.99. The molecule has 2 fully saturated rings. The molecule has 7 nitrogen and oxygen atoms in total. The number of carbonyl (C=O) groups excluding carboxylic acids is 3. The van der Waals surface area contributed by atoms with E-state index in [1.54, 1.807) is 12.1 Å². The van der Waals surface area contributed by atoms with Crippen LogP contribution < -0.4 is 5.32 Å². The van der Waals surface area contributed by atoms with Gasteiger partial charge in [0, 0.05) is 18.7 Å². The maximum absolute atomic E-state index is 12.4. The fourth-order valence-electron chi connectivity index (χ4n) is 3.30. The second-order valence-corrected chi connectivity index (χ2v) is 7.41. The van der Waals surface area contributed by atoms with Gasteiger partial charge in [0.25, 0.3) is 5.91 Å². The zero-order chi connectivity index (χ0) is 17.8. The summed E-state index contributed by atoms with van der Waals surface area (Å²) in [5, 5.41) is 2.52. The molecule has 1 saturated carbocycles. The van der Waals surface area contributed by atoms with Crippen molar-refractivity contribution in [2.75, 3.05) is 12.4 Å². The van der Waals surface area contributed by atoms with Gasteiger partial charge in [-0.05, 0) is 25.0 Å². The predicted molar refractivity (Wildman–Crippen MR) is 91.6 cm³/mol. The highest BCUT2D eigenvalue weighted by Gasteiger charge is 2.43. The first-order valence-electron chi connectivity index (χ1n) is 8.46. The molecule has 0 radical (unpaired) electrons. The quantitative estimate of drug-likeness (QED) is 0.800. The average molecular weight is 366 g/mol. The number of carbonyl (C=O) groups is 3. The first-order chi connectivity index (χ1) is 12.1. The smallest absolute Gasteiger partial charge is 0.330 e. The van der Waals surface area contributed by atoms with E-state index in [9.17, 15) is 14.4 Å². The number of hydrogen-bond acceptors (Lipinski definition) is 6. The average Bonchev–Trinajstić information content (AvgIpc) is 3.31. The molecule has 2 aliphatic rings. The summed E-state index contributed by atoms with van der Waals surface area (Å²) in [6.07, 6.45) is 5.72. The zero-order valence-electron chi connectivity index (χ0n) is 14.1. The normalized spacial score (nSPS) is 23.6. The van der Waals surface area contributed by atoms with Crippen LogP contribution in [0.5, 0.6) is 0 Å². The van der Waals surface area contributed by atoms with E-state index in [4.69, 9.17) is 9.15 Å². The second kappa shape index (κ2) is 7.95. The van der Waals surface area contributed by atoms with Gasteiger partial charge in [-0.15, -0.1) is 11.8 Å². The summed E-state index contributed by atoms with van der Waals surface area (Å²) in [6.45, 7) is 1.10. The van der Waals surface area contributed by atoms with E-state index in [0.29, 0.717) is 11.5 Å². The highest BCUT2D eigenvalue weighted by molar-refractivity contribution is 7.99. The Morgan fingerprint density at radius 2 is 2.12 bits per heavy atom. The largest absolute Gasteiger partial charge is 0.466 e. The van der Waals surface area contributed by atoms with Crippen molar-refractivity contribution in [1.82, 2.24) is 10.2 Å². The highest BCUT2D eigenvalue weighted by atomic mass is 32.2. The number of hydrogen-bond donors (Lipinski definition) is 1. The molecule has 2 heterocycles. The van der Waals surface area contributed by atoms with Gasteiger partial charge >= 0.3 is 5.97 Å². The van der Waals surface area contributed by atoms with Crippen molar-refractivity contribution in [3.05, 3.63) is 24.2 Å². The van der Waals surface area contributed by atoms with E-state index in [-0.39, 0.29) is 29.8 Å². The van der Waals surface area contributed by atoms with Crippen LogP contribution in [0.4, 0.5) is 0 Å². The molecule has 0 spiro atoms. The monoisotopic (exact) mass is 366 g/mol. The number of amides is 2. The minimum absolute atomic E-state index is 0.185. The van der Waals surface area contributed by atoms with Crippen molar-refractivity contribution in [1.29, 1.82) is 0 Å². The van der Waals surface area contributed by atoms with E-state index in [1.165, 1.54) is 29.8 Å². The van der Waals surface area contributed by atoms with Crippen LogP contribution in [0.1, 0.15) is 43.7 Å². The van der Waals surface area contributed by atoms with Crippen molar-refractivity contribution in [3.8, 4) is 0 Å². The maximum Gasteiger partial charge on any atom is 0.330 e. The van der Waals surface area contributed by atoms with E-state index in [2.05, 4.69) is 5.32 Å². The molecule has 2 atom stereocenters. The minimum Gasteiger partial charge on any atom is -0.466 e. The number of ether oxygens (including phenoxy) is 1. The molecule has 0 aromatic carbocycles.